The van der Waals surface area contributed by atoms with Crippen LogP contribution < -0.4 is 24.6 Å². The third kappa shape index (κ3) is 20.3. The van der Waals surface area contributed by atoms with E-state index in [-0.39, 0.29) is 94.5 Å². The molecule has 0 radical (unpaired) electrons. The lowest BCUT2D eigenvalue weighted by molar-refractivity contribution is -0.0294. The Morgan fingerprint density at radius 2 is 0.966 bits per heavy atom. The van der Waals surface area contributed by atoms with Crippen molar-refractivity contribution in [1.82, 2.24) is 20.9 Å². The molecule has 3 amide bonds. The van der Waals surface area contributed by atoms with Crippen molar-refractivity contribution in [3.8, 4) is 22.6 Å². The molecule has 7 N–H and O–H groups in total. The van der Waals surface area contributed by atoms with Gasteiger partial charge in [-0.25, -0.2) is 40.0 Å². The molecule has 6 rings (SSSR count). The lowest BCUT2D eigenvalue weighted by atomic mass is 9.99. The minimum atomic E-state index is -3.83. The van der Waals surface area contributed by atoms with Gasteiger partial charge in [0.2, 0.25) is 20.0 Å². The highest BCUT2D eigenvalue weighted by Crippen LogP contribution is 2.42. The van der Waals surface area contributed by atoms with Crippen LogP contribution >= 0.6 is 0 Å². The zero-order chi connectivity index (χ0) is 66.6. The molecule has 4 aromatic carbocycles. The molecule has 0 saturated heterocycles. The molecule has 0 bridgehead atoms. The quantitative estimate of drug-likeness (QED) is 0.0187. The van der Waals surface area contributed by atoms with Crippen LogP contribution in [0, 0.1) is 11.6 Å². The molecule has 484 valence electrons. The van der Waals surface area contributed by atoms with E-state index in [1.807, 2.05) is 0 Å². The third-order valence-corrected chi connectivity index (χ3v) is 14.6. The molecule has 0 saturated carbocycles. The van der Waals surface area contributed by atoms with Crippen molar-refractivity contribution in [2.45, 2.75) is 91.3 Å². The number of ether oxygens (including phenoxy) is 4. The summed E-state index contributed by atoms with van der Waals surface area (Å²) in [4.78, 5) is 61.6. The number of anilines is 2. The first-order valence-electron chi connectivity index (χ1n) is 27.1. The predicted octanol–water partition coefficient (Wildman–Crippen LogP) is 7.74. The predicted molar refractivity (Wildman–Crippen MR) is 325 cm³/mol. The van der Waals surface area contributed by atoms with E-state index in [4.69, 9.17) is 28.2 Å². The summed E-state index contributed by atoms with van der Waals surface area (Å²) < 4.78 is 110. The van der Waals surface area contributed by atoms with Gasteiger partial charge in [0.1, 0.15) is 51.1 Å². The van der Waals surface area contributed by atoms with E-state index >= 15 is 0 Å². The molecule has 88 heavy (non-hydrogen) atoms. The van der Waals surface area contributed by atoms with Crippen molar-refractivity contribution in [3.05, 3.63) is 107 Å². The average molecular weight is 1280 g/mol. The summed E-state index contributed by atoms with van der Waals surface area (Å²) in [6, 6.07) is 16.5. The first kappa shape index (κ1) is 72.5. The van der Waals surface area contributed by atoms with E-state index in [0.717, 1.165) is 26.0 Å². The molecule has 25 nitrogen and oxygen atoms in total. The third-order valence-electron chi connectivity index (χ3n) is 12.2. The molecule has 0 spiro atoms. The fourth-order valence-electron chi connectivity index (χ4n) is 8.09. The van der Waals surface area contributed by atoms with Gasteiger partial charge in [-0.3, -0.25) is 18.2 Å². The number of benzene rings is 4. The zero-order valence-corrected chi connectivity index (χ0v) is 53.3. The van der Waals surface area contributed by atoms with Crippen molar-refractivity contribution < 1.29 is 97.8 Å². The molecular weight excluding hydrogens is 1200 g/mol. The van der Waals surface area contributed by atoms with Gasteiger partial charge in [0, 0.05) is 93.0 Å². The van der Waals surface area contributed by atoms with Crippen molar-refractivity contribution in [2.75, 3.05) is 88.7 Å². The Kier molecular flexibility index (Phi) is 24.6. The van der Waals surface area contributed by atoms with Crippen LogP contribution in [-0.4, -0.2) is 169 Å². The smallest absolute Gasteiger partial charge is 0.455 e. The molecule has 2 aromatic heterocycles. The van der Waals surface area contributed by atoms with Crippen LogP contribution in [0.1, 0.15) is 106 Å². The number of aliphatic hydroxyl groups excluding tert-OH is 4. The first-order valence-corrected chi connectivity index (χ1v) is 30.8. The molecule has 0 fully saturated rings. The number of amides is 3. The van der Waals surface area contributed by atoms with Gasteiger partial charge < -0.3 is 69.1 Å². The number of furan rings is 2. The van der Waals surface area contributed by atoms with Crippen molar-refractivity contribution in [1.29, 1.82) is 0 Å². The Morgan fingerprint density at radius 3 is 1.30 bits per heavy atom. The minimum Gasteiger partial charge on any atom is -0.455 e. The number of nitrogens with one attached hydrogen (secondary N) is 3. The van der Waals surface area contributed by atoms with Crippen molar-refractivity contribution >= 4 is 83.6 Å². The number of aliphatic hydroxyl groups is 4. The Morgan fingerprint density at radius 1 is 0.591 bits per heavy atom. The highest BCUT2D eigenvalue weighted by Gasteiger charge is 2.32. The molecular formula is C59H78F2N6O19S2. The Hall–Kier alpha value is -7.93. The van der Waals surface area contributed by atoms with Gasteiger partial charge >= 0.3 is 18.4 Å². The fourth-order valence-corrected chi connectivity index (χ4v) is 9.12. The van der Waals surface area contributed by atoms with E-state index in [1.54, 1.807) is 62.3 Å². The number of hydrogen-bond donors (Lipinski definition) is 7. The summed E-state index contributed by atoms with van der Waals surface area (Å²) >= 11 is 0. The topological polar surface area (TPSA) is 344 Å². The Bertz CT molecular complexity index is 3640. The molecule has 0 aliphatic rings. The number of fused-ring (bicyclic) bond motifs is 2. The highest BCUT2D eigenvalue weighted by atomic mass is 32.2. The van der Waals surface area contributed by atoms with E-state index < -0.39 is 97.5 Å². The normalized spacial score (nSPS) is 12.6. The van der Waals surface area contributed by atoms with Crippen LogP contribution in [0.5, 0.6) is 0 Å². The van der Waals surface area contributed by atoms with Crippen molar-refractivity contribution in [2.24, 2.45) is 0 Å². The molecule has 2 heterocycles. The SMILES string of the molecule is CC(C)(C)OC(=O)OC(=O)OC(C)(C)C.CNC(=O)c1c(-c2ccc(F)cc2)oc2cc(N(C)S(C)(=O)=O)c(C(O)CN(CCO)C(=O)OC(C)(C)C)cc12.CNC(=O)c1c(-c2ccc(F)cc2)oc2cc(N(C)S(C)(=O)=O)c(C(O)CNCCO)cc12. The maximum atomic E-state index is 13.6. The van der Waals surface area contributed by atoms with E-state index in [9.17, 15) is 64.9 Å². The van der Waals surface area contributed by atoms with Crippen LogP contribution in [-0.2, 0) is 39.0 Å². The lowest BCUT2D eigenvalue weighted by Gasteiger charge is -2.30. The van der Waals surface area contributed by atoms with Crippen LogP contribution in [0.15, 0.2) is 81.6 Å². The summed E-state index contributed by atoms with van der Waals surface area (Å²) in [6.07, 6.45) is -3.51. The Labute approximate surface area is 509 Å². The lowest BCUT2D eigenvalue weighted by Crippen LogP contribution is -2.41. The van der Waals surface area contributed by atoms with Crippen LogP contribution in [0.3, 0.4) is 0 Å². The number of carbonyl (C=O) groups is 5. The van der Waals surface area contributed by atoms with Crippen LogP contribution in [0.25, 0.3) is 44.6 Å². The molecule has 2 atom stereocenters. The number of rotatable bonds is 18. The first-order chi connectivity index (χ1) is 40.6. The van der Waals surface area contributed by atoms with Crippen LogP contribution in [0.4, 0.5) is 34.5 Å². The monoisotopic (exact) mass is 1280 g/mol. The second kappa shape index (κ2) is 29.8. The number of hydrogen-bond acceptors (Lipinski definition) is 20. The summed E-state index contributed by atoms with van der Waals surface area (Å²) in [5.41, 5.74) is -0.229. The van der Waals surface area contributed by atoms with Gasteiger partial charge in [-0.05, 0) is 123 Å². The van der Waals surface area contributed by atoms with Gasteiger partial charge in [-0.2, -0.15) is 0 Å². The van der Waals surface area contributed by atoms with Crippen molar-refractivity contribution in [3.63, 3.8) is 0 Å². The second-order valence-corrected chi connectivity index (χ2v) is 26.7. The van der Waals surface area contributed by atoms with E-state index in [0.29, 0.717) is 16.5 Å². The van der Waals surface area contributed by atoms with Gasteiger partial charge in [0.15, 0.2) is 0 Å². The zero-order valence-electron chi connectivity index (χ0n) is 51.7. The molecule has 2 unspecified atom stereocenters. The molecule has 0 aliphatic carbocycles. The van der Waals surface area contributed by atoms with Crippen LogP contribution in [0.2, 0.25) is 0 Å². The van der Waals surface area contributed by atoms with Gasteiger partial charge in [0.05, 0.1) is 67.0 Å². The fraction of sp³-hybridized carbons (Fsp3) is 0.441. The molecule has 29 heteroatoms. The largest absolute Gasteiger partial charge is 0.519 e. The van der Waals surface area contributed by atoms with Gasteiger partial charge in [-0.15, -0.1) is 0 Å². The summed E-state index contributed by atoms with van der Waals surface area (Å²) in [5.74, 6) is -1.63. The maximum Gasteiger partial charge on any atom is 0.519 e. The number of halogens is 2. The number of sulfonamides is 2. The number of nitrogens with zero attached hydrogens (tertiary/aromatic N) is 3. The van der Waals surface area contributed by atoms with E-state index in [2.05, 4.69) is 20.7 Å². The summed E-state index contributed by atoms with van der Waals surface area (Å²) in [5, 5.41) is 49.2. The second-order valence-electron chi connectivity index (χ2n) is 22.7. The molecule has 0 aliphatic heterocycles. The number of carbonyl (C=O) groups excluding carboxylic acids is 5. The van der Waals surface area contributed by atoms with Gasteiger partial charge in [0.25, 0.3) is 11.8 Å². The molecule has 6 aromatic rings. The minimum absolute atomic E-state index is 0.0364. The van der Waals surface area contributed by atoms with E-state index in [1.165, 1.54) is 101 Å². The average Bonchev–Trinajstić information content (AvgIpc) is 2.12. The summed E-state index contributed by atoms with van der Waals surface area (Å²) in [7, 11) is -2.01. The van der Waals surface area contributed by atoms with Gasteiger partial charge in [-0.1, -0.05) is 0 Å². The summed E-state index contributed by atoms with van der Waals surface area (Å²) in [6.45, 7) is 14.2. The standard InChI is InChI=1S/C27H34FN3O8S.C22H26FN3O6S.C10H18O5/c1-27(2,3)39-26(35)31(11-12-32)15-21(33)18-13-19-22(14-20(18)30(5)40(6,36)37)38-24(23(19)25(34)29-4)16-7-9-17(28)10-8-16;1-24-22(29)20-16-10-15(18(28)12-25-8-9-27)17(26(2)33(3,30)31)11-19(16)32-21(20)13-4-6-14(23)7-5-13;1-9(2,3)14-7(11)13-8(12)15-10(4,5)6/h7-10,13-14,21,32-33H,11-12,15H2,1-6H3,(H,29,34);4-7,10-11,18,25,27-28H,8-9,12H2,1-3H3,(H,24,29);1-6H3. The maximum absolute atomic E-state index is 13.6. The Balaban J connectivity index is 0.000000310. The highest BCUT2D eigenvalue weighted by molar-refractivity contribution is 7.92.